The first-order valence-electron chi connectivity index (χ1n) is 7.75. The van der Waals surface area contributed by atoms with Gasteiger partial charge in [0.15, 0.2) is 0 Å². The Kier molecular flexibility index (Phi) is 6.88. The smallest absolute Gasteiger partial charge is 0.243 e. The molecule has 0 aliphatic rings. The highest BCUT2D eigenvalue weighted by Crippen LogP contribution is 2.29. The number of carbonyl (C=O) groups excluding carboxylic acids is 2. The summed E-state index contributed by atoms with van der Waals surface area (Å²) in [4.78, 5) is 23.8. The van der Waals surface area contributed by atoms with Crippen molar-refractivity contribution in [1.29, 1.82) is 0 Å². The molecular weight excluding hydrogens is 296 g/mol. The lowest BCUT2D eigenvalue weighted by molar-refractivity contribution is -0.130. The van der Waals surface area contributed by atoms with Crippen molar-refractivity contribution in [3.05, 3.63) is 18.2 Å². The molecule has 2 amide bonds. The van der Waals surface area contributed by atoms with Gasteiger partial charge in [0.25, 0.3) is 0 Å². The minimum atomic E-state index is -0.536. The van der Waals surface area contributed by atoms with Crippen LogP contribution in [0, 0.1) is 5.41 Å². The maximum absolute atomic E-state index is 12.0. The number of nitrogens with one attached hydrogen (secondary N) is 2. The Morgan fingerprint density at radius 3 is 2.30 bits per heavy atom. The molecule has 2 N–H and O–H groups in total. The summed E-state index contributed by atoms with van der Waals surface area (Å²) in [7, 11) is 0. The highest BCUT2D eigenvalue weighted by molar-refractivity contribution is 5.96. The second kappa shape index (κ2) is 8.41. The molecule has 0 aliphatic heterocycles. The molecule has 0 aliphatic carbocycles. The van der Waals surface area contributed by atoms with E-state index in [1.165, 1.54) is 0 Å². The van der Waals surface area contributed by atoms with Gasteiger partial charge < -0.3 is 20.1 Å². The molecular formula is C17H26N2O4. The molecule has 0 atom stereocenters. The molecule has 0 radical (unpaired) electrons. The van der Waals surface area contributed by atoms with Crippen LogP contribution in [0.1, 0.15) is 34.6 Å². The first-order valence-corrected chi connectivity index (χ1v) is 7.75. The molecule has 0 saturated carbocycles. The average molecular weight is 322 g/mol. The second-order valence-electron chi connectivity index (χ2n) is 6.00. The molecule has 128 valence electrons. The summed E-state index contributed by atoms with van der Waals surface area (Å²) in [5.74, 6) is 0.703. The summed E-state index contributed by atoms with van der Waals surface area (Å²) < 4.78 is 10.9. The van der Waals surface area contributed by atoms with E-state index in [1.54, 1.807) is 39.0 Å². The lowest BCUT2D eigenvalue weighted by atomic mass is 9.96. The third kappa shape index (κ3) is 6.18. The predicted octanol–water partition coefficient (Wildman–Crippen LogP) is 2.58. The molecule has 0 spiro atoms. The Morgan fingerprint density at radius 1 is 1.09 bits per heavy atom. The van der Waals surface area contributed by atoms with Crippen LogP contribution < -0.4 is 20.1 Å². The molecule has 1 aromatic carbocycles. The highest BCUT2D eigenvalue weighted by atomic mass is 16.5. The van der Waals surface area contributed by atoms with E-state index in [1.807, 2.05) is 13.8 Å². The summed E-state index contributed by atoms with van der Waals surface area (Å²) in [6.45, 7) is 10.0. The van der Waals surface area contributed by atoms with Crippen LogP contribution >= 0.6 is 0 Å². The standard InChI is InChI=1S/C17H26N2O4/c1-6-22-12-8-9-14(23-7-2)13(10-12)19-15(20)11-18-16(21)17(3,4)5/h8-10H,6-7,11H2,1-5H3,(H,18,21)(H,19,20). The summed E-state index contributed by atoms with van der Waals surface area (Å²) in [5, 5.41) is 5.35. The molecule has 0 fully saturated rings. The van der Waals surface area contributed by atoms with E-state index in [2.05, 4.69) is 10.6 Å². The summed E-state index contributed by atoms with van der Waals surface area (Å²) >= 11 is 0. The Morgan fingerprint density at radius 2 is 1.74 bits per heavy atom. The van der Waals surface area contributed by atoms with Gasteiger partial charge in [-0.15, -0.1) is 0 Å². The Bertz CT molecular complexity index is 550. The van der Waals surface area contributed by atoms with Gasteiger partial charge in [-0.2, -0.15) is 0 Å². The fourth-order valence-corrected chi connectivity index (χ4v) is 1.76. The van der Waals surface area contributed by atoms with Crippen LogP contribution in [-0.2, 0) is 9.59 Å². The van der Waals surface area contributed by atoms with E-state index in [0.29, 0.717) is 30.4 Å². The van der Waals surface area contributed by atoms with Crippen molar-refractivity contribution >= 4 is 17.5 Å². The number of ether oxygens (including phenoxy) is 2. The third-order valence-electron chi connectivity index (χ3n) is 2.93. The molecule has 0 saturated heterocycles. The highest BCUT2D eigenvalue weighted by Gasteiger charge is 2.21. The van der Waals surface area contributed by atoms with Crippen molar-refractivity contribution in [2.75, 3.05) is 25.1 Å². The maximum atomic E-state index is 12.0. The Balaban J connectivity index is 2.75. The van der Waals surface area contributed by atoms with Crippen LogP contribution in [0.3, 0.4) is 0 Å². The molecule has 0 unspecified atom stereocenters. The van der Waals surface area contributed by atoms with E-state index in [4.69, 9.17) is 9.47 Å². The van der Waals surface area contributed by atoms with E-state index in [-0.39, 0.29) is 18.4 Å². The zero-order valence-corrected chi connectivity index (χ0v) is 14.5. The summed E-state index contributed by atoms with van der Waals surface area (Å²) in [6.07, 6.45) is 0. The van der Waals surface area contributed by atoms with Crippen LogP contribution in [0.25, 0.3) is 0 Å². The van der Waals surface area contributed by atoms with Gasteiger partial charge in [0, 0.05) is 11.5 Å². The van der Waals surface area contributed by atoms with Gasteiger partial charge in [-0.25, -0.2) is 0 Å². The van der Waals surface area contributed by atoms with Crippen molar-refractivity contribution in [2.45, 2.75) is 34.6 Å². The number of carbonyl (C=O) groups is 2. The quantitative estimate of drug-likeness (QED) is 0.809. The van der Waals surface area contributed by atoms with Crippen molar-refractivity contribution in [3.63, 3.8) is 0 Å². The van der Waals surface area contributed by atoms with Crippen LogP contribution in [0.4, 0.5) is 5.69 Å². The van der Waals surface area contributed by atoms with E-state index in [0.717, 1.165) is 0 Å². The van der Waals surface area contributed by atoms with Crippen LogP contribution in [0.2, 0.25) is 0 Å². The normalized spacial score (nSPS) is 10.8. The van der Waals surface area contributed by atoms with E-state index < -0.39 is 5.41 Å². The van der Waals surface area contributed by atoms with Gasteiger partial charge in [-0.05, 0) is 26.0 Å². The van der Waals surface area contributed by atoms with E-state index >= 15 is 0 Å². The van der Waals surface area contributed by atoms with Crippen molar-refractivity contribution in [2.24, 2.45) is 5.41 Å². The minimum absolute atomic E-state index is 0.0967. The molecule has 23 heavy (non-hydrogen) atoms. The first-order chi connectivity index (χ1) is 10.8. The average Bonchev–Trinajstić information content (AvgIpc) is 2.47. The van der Waals surface area contributed by atoms with Gasteiger partial charge in [0.05, 0.1) is 25.4 Å². The number of anilines is 1. The fourth-order valence-electron chi connectivity index (χ4n) is 1.76. The monoisotopic (exact) mass is 322 g/mol. The van der Waals surface area contributed by atoms with Crippen molar-refractivity contribution in [3.8, 4) is 11.5 Å². The van der Waals surface area contributed by atoms with Crippen LogP contribution in [-0.4, -0.2) is 31.6 Å². The fraction of sp³-hybridized carbons (Fsp3) is 0.529. The predicted molar refractivity (Wildman–Crippen MR) is 89.9 cm³/mol. The lowest BCUT2D eigenvalue weighted by Gasteiger charge is -2.18. The molecule has 0 bridgehead atoms. The third-order valence-corrected chi connectivity index (χ3v) is 2.93. The summed E-state index contributed by atoms with van der Waals surface area (Å²) in [6, 6.07) is 5.24. The van der Waals surface area contributed by atoms with Gasteiger partial charge in [-0.1, -0.05) is 20.8 Å². The largest absolute Gasteiger partial charge is 0.494 e. The molecule has 0 heterocycles. The number of benzene rings is 1. The Hall–Kier alpha value is -2.24. The second-order valence-corrected chi connectivity index (χ2v) is 6.00. The molecule has 0 aromatic heterocycles. The van der Waals surface area contributed by atoms with Gasteiger partial charge in [-0.3, -0.25) is 9.59 Å². The minimum Gasteiger partial charge on any atom is -0.494 e. The maximum Gasteiger partial charge on any atom is 0.243 e. The van der Waals surface area contributed by atoms with Gasteiger partial charge >= 0.3 is 0 Å². The number of amides is 2. The zero-order chi connectivity index (χ0) is 17.5. The SMILES string of the molecule is CCOc1ccc(OCC)c(NC(=O)CNC(=O)C(C)(C)C)c1. The van der Waals surface area contributed by atoms with E-state index in [9.17, 15) is 9.59 Å². The lowest BCUT2D eigenvalue weighted by Crippen LogP contribution is -2.39. The van der Waals surface area contributed by atoms with Gasteiger partial charge in [0.1, 0.15) is 11.5 Å². The van der Waals surface area contributed by atoms with Gasteiger partial charge in [0.2, 0.25) is 11.8 Å². The topological polar surface area (TPSA) is 76.7 Å². The first kappa shape index (κ1) is 18.8. The molecule has 6 heteroatoms. The number of hydrogen-bond donors (Lipinski definition) is 2. The molecule has 1 aromatic rings. The summed E-state index contributed by atoms with van der Waals surface area (Å²) in [5.41, 5.74) is -0.0149. The number of rotatable bonds is 7. The van der Waals surface area contributed by atoms with Crippen LogP contribution in [0.5, 0.6) is 11.5 Å². The zero-order valence-electron chi connectivity index (χ0n) is 14.5. The number of hydrogen-bond acceptors (Lipinski definition) is 4. The van der Waals surface area contributed by atoms with Crippen LogP contribution in [0.15, 0.2) is 18.2 Å². The Labute approximate surface area is 137 Å². The molecule has 1 rings (SSSR count). The van der Waals surface area contributed by atoms with Crippen molar-refractivity contribution in [1.82, 2.24) is 5.32 Å². The molecule has 6 nitrogen and oxygen atoms in total. The van der Waals surface area contributed by atoms with Crippen molar-refractivity contribution < 1.29 is 19.1 Å².